The Kier molecular flexibility index (Phi) is 9.71. The standard InChI is InChI=1S/C52H57NO5S/c1-48-22-19-39(54)28-50(48)25-26-52(42(29-50)47(56)44-27-37-14-7-9-18-43(37)59-44)45(48)20-23-49(2)46(52)21-24-51(49,57)34-53(30-38-16-10-15-36-13-6-8-17-41(36)38)31-40(55)33-58-32-35-11-4-3-5-12-35/h3-18,25-27,29,39-40,45-46,54-55,57H,19-24,28,30-34H2,1-2H3. The molecule has 3 fully saturated rings. The summed E-state index contributed by atoms with van der Waals surface area (Å²) in [5.74, 6) is 0.375. The van der Waals surface area contributed by atoms with Crippen molar-refractivity contribution in [3.63, 3.8) is 0 Å². The van der Waals surface area contributed by atoms with E-state index in [2.05, 4.69) is 97.6 Å². The Balaban J connectivity index is 1.00. The molecule has 3 N–H and O–H groups in total. The molecule has 306 valence electrons. The van der Waals surface area contributed by atoms with Crippen LogP contribution in [0.4, 0.5) is 0 Å². The average molecular weight is 808 g/mol. The van der Waals surface area contributed by atoms with Crippen LogP contribution in [0, 0.1) is 33.5 Å². The van der Waals surface area contributed by atoms with Gasteiger partial charge in [-0.15, -0.1) is 11.3 Å². The lowest BCUT2D eigenvalue weighted by molar-refractivity contribution is -0.177. The zero-order chi connectivity index (χ0) is 40.6. The van der Waals surface area contributed by atoms with Crippen molar-refractivity contribution in [3.8, 4) is 0 Å². The summed E-state index contributed by atoms with van der Waals surface area (Å²) < 4.78 is 7.16. The van der Waals surface area contributed by atoms with Crippen LogP contribution >= 0.6 is 11.3 Å². The summed E-state index contributed by atoms with van der Waals surface area (Å²) in [5.41, 5.74) is 0.540. The Bertz CT molecular complexity index is 2420. The number of hydrogen-bond acceptors (Lipinski definition) is 7. The molecule has 1 aromatic heterocycles. The fourth-order valence-corrected chi connectivity index (χ4v) is 14.3. The van der Waals surface area contributed by atoms with Crippen LogP contribution < -0.4 is 0 Å². The number of carbonyl (C=O) groups excluding carboxylic acids is 1. The monoisotopic (exact) mass is 807 g/mol. The first kappa shape index (κ1) is 39.2. The third-order valence-corrected chi connectivity index (χ3v) is 17.4. The number of Topliss-reactive ketones (excluding diaryl/α,β-unsaturated/α-hetero) is 1. The molecule has 2 spiro atoms. The van der Waals surface area contributed by atoms with Crippen LogP contribution in [0.3, 0.4) is 0 Å². The van der Waals surface area contributed by atoms with E-state index in [0.717, 1.165) is 63.8 Å². The zero-order valence-corrected chi connectivity index (χ0v) is 35.2. The Morgan fingerprint density at radius 2 is 1.56 bits per heavy atom. The number of fused-ring (bicyclic) bond motifs is 3. The Morgan fingerprint density at radius 3 is 2.39 bits per heavy atom. The molecule has 6 aliphatic carbocycles. The van der Waals surface area contributed by atoms with Gasteiger partial charge in [0.25, 0.3) is 0 Å². The van der Waals surface area contributed by atoms with E-state index in [-0.39, 0.29) is 35.1 Å². The van der Waals surface area contributed by atoms with Gasteiger partial charge in [0, 0.05) is 46.2 Å². The second-order valence-corrected chi connectivity index (χ2v) is 20.3. The summed E-state index contributed by atoms with van der Waals surface area (Å²) in [6, 6.07) is 35.2. The van der Waals surface area contributed by atoms with Gasteiger partial charge in [-0.2, -0.15) is 0 Å². The predicted molar refractivity (Wildman–Crippen MR) is 236 cm³/mol. The third kappa shape index (κ3) is 6.17. The van der Waals surface area contributed by atoms with Crippen molar-refractivity contribution >= 4 is 38.0 Å². The van der Waals surface area contributed by atoms with Crippen LogP contribution in [0.15, 0.2) is 127 Å². The first-order valence-electron chi connectivity index (χ1n) is 21.8. The van der Waals surface area contributed by atoms with Gasteiger partial charge in [0.2, 0.25) is 0 Å². The number of nitrogens with zero attached hydrogens (tertiary/aromatic N) is 1. The number of carbonyl (C=O) groups is 1. The molecule has 5 aromatic rings. The second kappa shape index (κ2) is 14.6. The van der Waals surface area contributed by atoms with E-state index in [4.69, 9.17) is 4.74 Å². The highest BCUT2D eigenvalue weighted by Gasteiger charge is 2.74. The molecule has 2 bridgehead atoms. The van der Waals surface area contributed by atoms with E-state index in [0.29, 0.717) is 39.1 Å². The maximum Gasteiger partial charge on any atom is 0.199 e. The maximum atomic E-state index is 15.2. The van der Waals surface area contributed by atoms with Crippen molar-refractivity contribution < 1.29 is 24.9 Å². The second-order valence-electron chi connectivity index (χ2n) is 19.3. The van der Waals surface area contributed by atoms with Crippen LogP contribution in [0.25, 0.3) is 20.9 Å². The van der Waals surface area contributed by atoms with Gasteiger partial charge in [-0.1, -0.05) is 123 Å². The molecule has 0 radical (unpaired) electrons. The minimum atomic E-state index is -1.07. The molecule has 9 unspecified atom stereocenters. The van der Waals surface area contributed by atoms with Gasteiger partial charge in [0.15, 0.2) is 5.78 Å². The van der Waals surface area contributed by atoms with Crippen LogP contribution in [0.1, 0.15) is 79.6 Å². The van der Waals surface area contributed by atoms with Crippen molar-refractivity contribution in [2.24, 2.45) is 33.5 Å². The average Bonchev–Trinajstić information content (AvgIpc) is 3.79. The molecule has 0 aliphatic heterocycles. The lowest BCUT2D eigenvalue weighted by Gasteiger charge is -2.71. The van der Waals surface area contributed by atoms with E-state index in [1.54, 1.807) is 11.3 Å². The number of aliphatic hydroxyl groups excluding tert-OH is 2. The smallest absolute Gasteiger partial charge is 0.199 e. The molecule has 9 atom stereocenters. The maximum absolute atomic E-state index is 15.2. The first-order valence-corrected chi connectivity index (χ1v) is 22.6. The van der Waals surface area contributed by atoms with Gasteiger partial charge in [-0.3, -0.25) is 9.69 Å². The number of rotatable bonds is 12. The normalized spacial score (nSPS) is 33.8. The van der Waals surface area contributed by atoms with E-state index in [1.165, 1.54) is 10.8 Å². The number of ether oxygens (including phenoxy) is 1. The van der Waals surface area contributed by atoms with Crippen LogP contribution in [0.2, 0.25) is 0 Å². The number of ketones is 1. The molecular formula is C52H57NO5S. The zero-order valence-electron chi connectivity index (χ0n) is 34.4. The van der Waals surface area contributed by atoms with E-state index >= 15 is 4.79 Å². The van der Waals surface area contributed by atoms with Gasteiger partial charge < -0.3 is 20.1 Å². The van der Waals surface area contributed by atoms with Crippen molar-refractivity contribution in [2.45, 2.75) is 89.8 Å². The number of hydrogen-bond donors (Lipinski definition) is 3. The lowest BCUT2D eigenvalue weighted by atomic mass is 9.32. The summed E-state index contributed by atoms with van der Waals surface area (Å²) >= 11 is 1.58. The predicted octanol–water partition coefficient (Wildman–Crippen LogP) is 9.91. The molecule has 11 rings (SSSR count). The van der Waals surface area contributed by atoms with Gasteiger partial charge in [0.05, 0.1) is 35.9 Å². The minimum absolute atomic E-state index is 0.0417. The summed E-state index contributed by atoms with van der Waals surface area (Å²) in [5, 5.41) is 39.6. The van der Waals surface area contributed by atoms with Crippen molar-refractivity contribution in [1.82, 2.24) is 4.90 Å². The minimum Gasteiger partial charge on any atom is -0.393 e. The number of benzene rings is 4. The Labute approximate surface area is 352 Å². The molecule has 3 saturated carbocycles. The molecule has 59 heavy (non-hydrogen) atoms. The summed E-state index contributed by atoms with van der Waals surface area (Å²) in [6.45, 7) is 6.70. The molecule has 0 amide bonds. The first-order chi connectivity index (χ1) is 28.5. The van der Waals surface area contributed by atoms with Gasteiger partial charge in [-0.25, -0.2) is 0 Å². The lowest BCUT2D eigenvalue weighted by Crippen LogP contribution is -2.67. The molecule has 0 saturated heterocycles. The number of aliphatic hydroxyl groups is 3. The van der Waals surface area contributed by atoms with Crippen molar-refractivity contribution in [2.75, 3.05) is 19.7 Å². The topological polar surface area (TPSA) is 90.2 Å². The molecule has 1 heterocycles. The molecule has 6 nitrogen and oxygen atoms in total. The van der Waals surface area contributed by atoms with Gasteiger partial charge in [-0.05, 0) is 102 Å². The SMILES string of the molecule is CC12CCC(O)CC13C=CC1(C(C(=O)c4cc5ccccc5s4)=C3)C2CCC2(C)C1CCC2(O)CN(Cc1cccc2ccccc12)CC(O)COCc1ccccc1. The summed E-state index contributed by atoms with van der Waals surface area (Å²) in [7, 11) is 0. The molecule has 7 heteroatoms. The largest absolute Gasteiger partial charge is 0.393 e. The number of allylic oxidation sites excluding steroid dienone is 4. The van der Waals surface area contributed by atoms with Gasteiger partial charge >= 0.3 is 0 Å². The highest BCUT2D eigenvalue weighted by molar-refractivity contribution is 7.21. The Hall–Kier alpha value is -3.95. The van der Waals surface area contributed by atoms with E-state index < -0.39 is 28.6 Å². The fraction of sp³-hybridized carbons (Fsp3) is 0.442. The van der Waals surface area contributed by atoms with Gasteiger partial charge in [0.1, 0.15) is 0 Å². The highest BCUT2D eigenvalue weighted by Crippen LogP contribution is 2.78. The molecule has 4 aromatic carbocycles. The third-order valence-electron chi connectivity index (χ3n) is 16.3. The van der Waals surface area contributed by atoms with Crippen molar-refractivity contribution in [3.05, 3.63) is 143 Å². The molecule has 6 aliphatic rings. The van der Waals surface area contributed by atoms with E-state index in [9.17, 15) is 15.3 Å². The quantitative estimate of drug-likeness (QED) is 0.0860. The number of thiophene rings is 1. The van der Waals surface area contributed by atoms with Crippen LogP contribution in [-0.2, 0) is 17.9 Å². The van der Waals surface area contributed by atoms with Crippen LogP contribution in [-0.4, -0.2) is 63.5 Å². The summed E-state index contributed by atoms with van der Waals surface area (Å²) in [4.78, 5) is 18.3. The summed E-state index contributed by atoms with van der Waals surface area (Å²) in [6.07, 6.45) is 11.5. The Morgan fingerprint density at radius 1 is 0.847 bits per heavy atom. The molecular weight excluding hydrogens is 751 g/mol. The highest BCUT2D eigenvalue weighted by atomic mass is 32.1. The van der Waals surface area contributed by atoms with Crippen LogP contribution in [0.5, 0.6) is 0 Å². The fourth-order valence-electron chi connectivity index (χ4n) is 13.3. The van der Waals surface area contributed by atoms with Crippen molar-refractivity contribution in [1.29, 1.82) is 0 Å². The van der Waals surface area contributed by atoms with E-state index in [1.807, 2.05) is 42.5 Å².